The molecule has 0 saturated heterocycles. The number of fused-ring (bicyclic) bond motifs is 4. The van der Waals surface area contributed by atoms with Crippen molar-refractivity contribution in [3.05, 3.63) is 187 Å². The van der Waals surface area contributed by atoms with Crippen molar-refractivity contribution in [2.24, 2.45) is 5.92 Å². The molecule has 345 valence electrons. The maximum atomic E-state index is 6.61. The first kappa shape index (κ1) is 48.2. The summed E-state index contributed by atoms with van der Waals surface area (Å²) < 4.78 is 8.93. The van der Waals surface area contributed by atoms with Gasteiger partial charge in [-0.3, -0.25) is 4.98 Å². The van der Waals surface area contributed by atoms with Gasteiger partial charge in [-0.1, -0.05) is 163 Å². The van der Waals surface area contributed by atoms with Gasteiger partial charge < -0.3 is 14.0 Å². The van der Waals surface area contributed by atoms with Gasteiger partial charge in [0.05, 0.1) is 36.2 Å². The molecule has 0 aliphatic carbocycles. The molecule has 4 heterocycles. The number of benzene rings is 6. The Morgan fingerprint density at radius 3 is 1.93 bits per heavy atom. The standard InChI is InChI=1S/C43H36N3O.C18H24NSi.Ir/c1-27(2)36-24-23-32-31-19-14-20-33(40(31)47-42(32)45-36)41-44-37-21-12-13-22-38(37)46(41)39-34(28-15-8-6-9-16-28)25-30(43(3,4)5)26-35(39)29-17-10-7-11-18-29;1-14(2)11-16-12-17(15-9-7-6-8-10-15)19-13-18(16)20(3,4)5;/h6-19,21-27H,1-5H3;6-9,12-14H,11H2,1-5H3;/q2*-1;. The first-order valence-electron chi connectivity index (χ1n) is 23.6. The van der Waals surface area contributed by atoms with Crippen molar-refractivity contribution < 1.29 is 24.5 Å². The number of para-hydroxylation sites is 2. The number of rotatable bonds is 9. The summed E-state index contributed by atoms with van der Waals surface area (Å²) in [5, 5.41) is 3.49. The van der Waals surface area contributed by atoms with E-state index in [9.17, 15) is 0 Å². The molecule has 0 amide bonds. The number of hydrogen-bond donors (Lipinski definition) is 0. The van der Waals surface area contributed by atoms with E-state index in [1.807, 2.05) is 30.3 Å². The van der Waals surface area contributed by atoms with Gasteiger partial charge in [-0.05, 0) is 87.6 Å². The molecule has 0 saturated carbocycles. The molecule has 6 aromatic carbocycles. The van der Waals surface area contributed by atoms with Crippen LogP contribution in [0.15, 0.2) is 162 Å². The predicted octanol–water partition coefficient (Wildman–Crippen LogP) is 15.8. The average molecular weight is 1090 g/mol. The molecule has 0 atom stereocenters. The Hall–Kier alpha value is -6.24. The maximum absolute atomic E-state index is 6.61. The van der Waals surface area contributed by atoms with E-state index < -0.39 is 8.07 Å². The van der Waals surface area contributed by atoms with E-state index in [4.69, 9.17) is 14.4 Å². The topological polar surface area (TPSA) is 56.7 Å². The van der Waals surface area contributed by atoms with Crippen LogP contribution in [-0.2, 0) is 31.9 Å². The molecule has 7 heteroatoms. The Morgan fingerprint density at radius 2 is 1.32 bits per heavy atom. The van der Waals surface area contributed by atoms with Gasteiger partial charge in [0, 0.05) is 48.5 Å². The summed E-state index contributed by atoms with van der Waals surface area (Å²) in [5.41, 5.74) is 15.5. The van der Waals surface area contributed by atoms with Crippen LogP contribution in [0.2, 0.25) is 19.6 Å². The van der Waals surface area contributed by atoms with Gasteiger partial charge in [-0.25, -0.2) is 4.98 Å². The summed E-state index contributed by atoms with van der Waals surface area (Å²) in [6.45, 7) is 22.9. The van der Waals surface area contributed by atoms with E-state index in [2.05, 4.69) is 217 Å². The summed E-state index contributed by atoms with van der Waals surface area (Å²) in [5.74, 6) is 1.74. The van der Waals surface area contributed by atoms with Crippen LogP contribution in [-0.4, -0.2) is 27.6 Å². The van der Waals surface area contributed by atoms with Crippen LogP contribution < -0.4 is 5.19 Å². The minimum atomic E-state index is -1.34. The minimum absolute atomic E-state index is 0. The monoisotopic (exact) mass is 1090 g/mol. The molecule has 0 unspecified atom stereocenters. The van der Waals surface area contributed by atoms with E-state index in [1.54, 1.807) is 0 Å². The molecule has 4 aromatic heterocycles. The van der Waals surface area contributed by atoms with Crippen molar-refractivity contribution >= 4 is 46.4 Å². The second kappa shape index (κ2) is 19.8. The number of nitrogens with zero attached hydrogens (tertiary/aromatic N) is 4. The molecule has 5 nitrogen and oxygen atoms in total. The van der Waals surface area contributed by atoms with Gasteiger partial charge in [0.25, 0.3) is 0 Å². The third kappa shape index (κ3) is 9.85. The molecule has 10 rings (SSSR count). The van der Waals surface area contributed by atoms with Gasteiger partial charge in [-0.15, -0.1) is 54.1 Å². The maximum Gasteiger partial charge on any atom is 0.216 e. The number of pyridine rings is 2. The van der Waals surface area contributed by atoms with Crippen LogP contribution in [0, 0.1) is 18.1 Å². The van der Waals surface area contributed by atoms with E-state index in [0.29, 0.717) is 17.5 Å². The van der Waals surface area contributed by atoms with Crippen LogP contribution in [0.3, 0.4) is 0 Å². The zero-order chi connectivity index (χ0) is 47.0. The smallest absolute Gasteiger partial charge is 0.216 e. The van der Waals surface area contributed by atoms with E-state index in [-0.39, 0.29) is 25.5 Å². The zero-order valence-electron chi connectivity index (χ0n) is 40.9. The summed E-state index contributed by atoms with van der Waals surface area (Å²) in [6, 6.07) is 59.9. The first-order valence-corrected chi connectivity index (χ1v) is 27.1. The molecule has 0 spiro atoms. The van der Waals surface area contributed by atoms with Crippen LogP contribution in [0.1, 0.15) is 71.2 Å². The fraction of sp³-hybridized carbons (Fsp3) is 0.230. The number of aromatic nitrogens is 4. The fourth-order valence-electron chi connectivity index (χ4n) is 9.01. The second-order valence-electron chi connectivity index (χ2n) is 20.5. The Labute approximate surface area is 417 Å². The Bertz CT molecular complexity index is 3280. The minimum Gasteiger partial charge on any atom is -0.486 e. The van der Waals surface area contributed by atoms with Gasteiger partial charge >= 0.3 is 0 Å². The van der Waals surface area contributed by atoms with Crippen molar-refractivity contribution in [2.45, 2.75) is 85.9 Å². The molecular weight excluding hydrogens is 1030 g/mol. The quantitative estimate of drug-likeness (QED) is 0.107. The average Bonchev–Trinajstić information content (AvgIpc) is 3.90. The molecule has 1 radical (unpaired) electrons. The van der Waals surface area contributed by atoms with Crippen molar-refractivity contribution in [2.75, 3.05) is 0 Å². The zero-order valence-corrected chi connectivity index (χ0v) is 44.3. The van der Waals surface area contributed by atoms with Gasteiger partial charge in [0.15, 0.2) is 0 Å². The van der Waals surface area contributed by atoms with Crippen molar-refractivity contribution in [3.63, 3.8) is 0 Å². The Kier molecular flexibility index (Phi) is 14.0. The normalized spacial score (nSPS) is 11.9. The molecule has 0 fully saturated rings. The first-order chi connectivity index (χ1) is 32.2. The Balaban J connectivity index is 0.000000251. The third-order valence-corrected chi connectivity index (χ3v) is 14.5. The van der Waals surface area contributed by atoms with E-state index in [0.717, 1.165) is 90.1 Å². The van der Waals surface area contributed by atoms with Crippen molar-refractivity contribution in [3.8, 4) is 50.6 Å². The Morgan fingerprint density at radius 1 is 0.676 bits per heavy atom. The van der Waals surface area contributed by atoms with E-state index >= 15 is 0 Å². The molecule has 10 aromatic rings. The number of hydrogen-bond acceptors (Lipinski definition) is 4. The van der Waals surface area contributed by atoms with Gasteiger partial charge in [0.1, 0.15) is 0 Å². The summed E-state index contributed by atoms with van der Waals surface area (Å²) in [7, 11) is -1.34. The molecule has 68 heavy (non-hydrogen) atoms. The predicted molar refractivity (Wildman–Crippen MR) is 284 cm³/mol. The number of furan rings is 1. The second-order valence-corrected chi connectivity index (χ2v) is 25.5. The summed E-state index contributed by atoms with van der Waals surface area (Å²) in [4.78, 5) is 14.9. The van der Waals surface area contributed by atoms with Crippen LogP contribution >= 0.6 is 0 Å². The van der Waals surface area contributed by atoms with Crippen LogP contribution in [0.25, 0.3) is 83.7 Å². The fourth-order valence-corrected chi connectivity index (χ4v) is 10.6. The van der Waals surface area contributed by atoms with Crippen LogP contribution in [0.4, 0.5) is 0 Å². The van der Waals surface area contributed by atoms with Crippen LogP contribution in [0.5, 0.6) is 0 Å². The van der Waals surface area contributed by atoms with Crippen molar-refractivity contribution in [1.82, 2.24) is 19.5 Å². The van der Waals surface area contributed by atoms with Gasteiger partial charge in [-0.2, -0.15) is 0 Å². The summed E-state index contributed by atoms with van der Waals surface area (Å²) >= 11 is 0. The number of imidazole rings is 1. The molecule has 0 aliphatic heterocycles. The molecule has 0 bridgehead atoms. The largest absolute Gasteiger partial charge is 0.486 e. The van der Waals surface area contributed by atoms with Crippen molar-refractivity contribution in [1.29, 1.82) is 0 Å². The molecule has 0 aliphatic rings. The summed E-state index contributed by atoms with van der Waals surface area (Å²) in [6.07, 6.45) is 3.24. The van der Waals surface area contributed by atoms with Gasteiger partial charge in [0.2, 0.25) is 5.71 Å². The third-order valence-electron chi connectivity index (χ3n) is 12.5. The molecule has 0 N–H and O–H groups in total. The molecular formula is C61H60IrN4OSi-2. The SMILES string of the molecule is CC(C)Cc1cc(-c2[c-]cccc2)ncc1[Si](C)(C)C.CC(C)c1ccc2c(n1)oc1c(-c3nc4ccccc4n3-c3c(-c4ccccc4)cc(C(C)(C)C)cc3-c3ccccc3)[c-]ccc12.[Ir]. The van der Waals surface area contributed by atoms with E-state index in [1.165, 1.54) is 16.3 Å².